The van der Waals surface area contributed by atoms with Gasteiger partial charge in [0.25, 0.3) is 0 Å². The minimum Gasteiger partial charge on any atom is -0.423 e. The highest BCUT2D eigenvalue weighted by Crippen LogP contribution is 2.24. The summed E-state index contributed by atoms with van der Waals surface area (Å²) in [6.45, 7) is 0.532. The van der Waals surface area contributed by atoms with Crippen LogP contribution in [-0.4, -0.2) is 11.0 Å². The van der Waals surface area contributed by atoms with E-state index in [-0.39, 0.29) is 0 Å². The Morgan fingerprint density at radius 1 is 1.04 bits per heavy atom. The maximum atomic E-state index is 12.7. The summed E-state index contributed by atoms with van der Waals surface area (Å²) in [6.07, 6.45) is 1.72. The molecule has 4 rings (SSSR count). The minimum absolute atomic E-state index is 0.407. The van der Waals surface area contributed by atoms with Gasteiger partial charge >= 0.3 is 5.97 Å². The zero-order chi connectivity index (χ0) is 18.6. The number of rotatable bonds is 5. The quantitative estimate of drug-likeness (QED) is 0.344. The van der Waals surface area contributed by atoms with Gasteiger partial charge in [0, 0.05) is 16.8 Å². The first-order valence-corrected chi connectivity index (χ1v) is 9.52. The summed E-state index contributed by atoms with van der Waals surface area (Å²) in [4.78, 5) is 17.7. The second-order valence-corrected chi connectivity index (χ2v) is 7.57. The van der Waals surface area contributed by atoms with Crippen LogP contribution in [0.25, 0.3) is 10.8 Å². The maximum Gasteiger partial charge on any atom is 0.345 e. The molecule has 4 aromatic rings. The Balaban J connectivity index is 1.52. The summed E-state index contributed by atoms with van der Waals surface area (Å²) in [5.41, 5.74) is 1.18. The van der Waals surface area contributed by atoms with Gasteiger partial charge in [-0.2, -0.15) is 0 Å². The van der Waals surface area contributed by atoms with Crippen molar-refractivity contribution in [3.05, 3.63) is 87.8 Å². The van der Waals surface area contributed by atoms with Crippen LogP contribution >= 0.6 is 22.9 Å². The van der Waals surface area contributed by atoms with Crippen molar-refractivity contribution in [1.82, 2.24) is 4.98 Å². The Hall–Kier alpha value is -2.89. The molecule has 0 fully saturated rings. The maximum absolute atomic E-state index is 12.7. The number of benzene rings is 3. The number of carbonyl (C=O) groups excluding carboxylic acids is 1. The molecule has 0 saturated carbocycles. The molecule has 0 bridgehead atoms. The van der Waals surface area contributed by atoms with E-state index in [0.717, 1.165) is 15.6 Å². The Bertz CT molecular complexity index is 1110. The molecule has 3 aromatic carbocycles. The molecule has 0 aliphatic heterocycles. The fourth-order valence-electron chi connectivity index (χ4n) is 2.76. The normalized spacial score (nSPS) is 10.7. The van der Waals surface area contributed by atoms with Crippen LogP contribution in [0.2, 0.25) is 4.47 Å². The van der Waals surface area contributed by atoms with Crippen LogP contribution in [0.1, 0.15) is 15.2 Å². The monoisotopic (exact) mass is 394 g/mol. The number of hydrogen-bond donors (Lipinski definition) is 1. The van der Waals surface area contributed by atoms with E-state index in [9.17, 15) is 4.79 Å². The van der Waals surface area contributed by atoms with E-state index in [0.29, 0.717) is 28.0 Å². The SMILES string of the molecule is O=C(Oc1ccc2ccccc2c1)c1ccccc1NCc1cnc(Cl)s1. The Labute approximate surface area is 165 Å². The molecule has 6 heteroatoms. The van der Waals surface area contributed by atoms with Gasteiger partial charge in [0.15, 0.2) is 4.47 Å². The number of para-hydroxylation sites is 1. The summed E-state index contributed by atoms with van der Waals surface area (Å²) in [5, 5.41) is 5.37. The summed E-state index contributed by atoms with van der Waals surface area (Å²) >= 11 is 7.26. The van der Waals surface area contributed by atoms with E-state index in [4.69, 9.17) is 16.3 Å². The highest BCUT2D eigenvalue weighted by Gasteiger charge is 2.14. The highest BCUT2D eigenvalue weighted by atomic mass is 35.5. The first-order valence-electron chi connectivity index (χ1n) is 8.33. The van der Waals surface area contributed by atoms with Crippen molar-refractivity contribution in [2.45, 2.75) is 6.54 Å². The van der Waals surface area contributed by atoms with Crippen molar-refractivity contribution in [3.8, 4) is 5.75 Å². The summed E-state index contributed by atoms with van der Waals surface area (Å²) in [5.74, 6) is 0.110. The lowest BCUT2D eigenvalue weighted by Gasteiger charge is -2.11. The number of fused-ring (bicyclic) bond motifs is 1. The molecule has 0 unspecified atom stereocenters. The van der Waals surface area contributed by atoms with Gasteiger partial charge in [0.05, 0.1) is 12.1 Å². The number of ether oxygens (including phenoxy) is 1. The largest absolute Gasteiger partial charge is 0.423 e. The van der Waals surface area contributed by atoms with Gasteiger partial charge < -0.3 is 10.1 Å². The van der Waals surface area contributed by atoms with Crippen LogP contribution in [0.15, 0.2) is 72.9 Å². The second kappa shape index (κ2) is 7.78. The summed E-state index contributed by atoms with van der Waals surface area (Å²) in [7, 11) is 0. The van der Waals surface area contributed by atoms with E-state index in [1.54, 1.807) is 18.3 Å². The zero-order valence-corrected chi connectivity index (χ0v) is 15.8. The molecule has 134 valence electrons. The molecule has 0 aliphatic rings. The third-order valence-electron chi connectivity index (χ3n) is 4.06. The van der Waals surface area contributed by atoms with Gasteiger partial charge in [-0.3, -0.25) is 0 Å². The lowest BCUT2D eigenvalue weighted by atomic mass is 10.1. The van der Waals surface area contributed by atoms with Crippen LogP contribution in [0, 0.1) is 0 Å². The Morgan fingerprint density at radius 3 is 2.63 bits per heavy atom. The molecule has 27 heavy (non-hydrogen) atoms. The number of hydrogen-bond acceptors (Lipinski definition) is 5. The molecule has 0 saturated heterocycles. The van der Waals surface area contributed by atoms with Crippen LogP contribution < -0.4 is 10.1 Å². The number of nitrogens with one attached hydrogen (secondary N) is 1. The van der Waals surface area contributed by atoms with Crippen LogP contribution in [0.5, 0.6) is 5.75 Å². The van der Waals surface area contributed by atoms with E-state index in [1.807, 2.05) is 54.6 Å². The minimum atomic E-state index is -0.407. The molecule has 0 spiro atoms. The molecule has 1 N–H and O–H groups in total. The predicted octanol–water partition coefficient (Wildman–Crippen LogP) is 5.78. The lowest BCUT2D eigenvalue weighted by Crippen LogP contribution is -2.12. The topological polar surface area (TPSA) is 51.2 Å². The van der Waals surface area contributed by atoms with Gasteiger partial charge in [-0.05, 0) is 35.0 Å². The average Bonchev–Trinajstić information content (AvgIpc) is 3.11. The van der Waals surface area contributed by atoms with Crippen molar-refractivity contribution < 1.29 is 9.53 Å². The van der Waals surface area contributed by atoms with E-state index in [2.05, 4.69) is 10.3 Å². The summed E-state index contributed by atoms with van der Waals surface area (Å²) < 4.78 is 6.09. The van der Waals surface area contributed by atoms with Gasteiger partial charge in [0.1, 0.15) is 5.75 Å². The predicted molar refractivity (Wildman–Crippen MR) is 110 cm³/mol. The number of thiazole rings is 1. The van der Waals surface area contributed by atoms with Crippen molar-refractivity contribution in [3.63, 3.8) is 0 Å². The standard InChI is InChI=1S/C21H15ClN2O2S/c22-21-24-13-17(27-21)12-23-19-8-4-3-7-18(19)20(25)26-16-10-9-14-5-1-2-6-15(14)11-16/h1-11,13,23H,12H2. The van der Waals surface area contributed by atoms with Crippen molar-refractivity contribution in [1.29, 1.82) is 0 Å². The average molecular weight is 395 g/mol. The van der Waals surface area contributed by atoms with Gasteiger partial charge in [0.2, 0.25) is 0 Å². The van der Waals surface area contributed by atoms with E-state index < -0.39 is 5.97 Å². The number of halogens is 1. The highest BCUT2D eigenvalue weighted by molar-refractivity contribution is 7.15. The summed E-state index contributed by atoms with van der Waals surface area (Å²) in [6, 6.07) is 20.8. The van der Waals surface area contributed by atoms with Gasteiger partial charge in [-0.15, -0.1) is 11.3 Å². The molecule has 1 aromatic heterocycles. The number of carbonyl (C=O) groups is 1. The van der Waals surface area contributed by atoms with Crippen LogP contribution in [0.3, 0.4) is 0 Å². The molecule has 4 nitrogen and oxygen atoms in total. The Kier molecular flexibility index (Phi) is 5.05. The zero-order valence-electron chi connectivity index (χ0n) is 14.2. The van der Waals surface area contributed by atoms with Crippen molar-refractivity contribution >= 4 is 45.4 Å². The first-order chi connectivity index (χ1) is 13.2. The third-order valence-corrected chi connectivity index (χ3v) is 5.17. The molecular weight excluding hydrogens is 380 g/mol. The van der Waals surface area contributed by atoms with Crippen molar-refractivity contribution in [2.24, 2.45) is 0 Å². The number of nitrogens with zero attached hydrogens (tertiary/aromatic N) is 1. The number of anilines is 1. The van der Waals surface area contributed by atoms with Crippen LogP contribution in [0.4, 0.5) is 5.69 Å². The molecule has 0 amide bonds. The molecule has 0 radical (unpaired) electrons. The Morgan fingerprint density at radius 2 is 1.81 bits per heavy atom. The van der Waals surface area contributed by atoms with Gasteiger partial charge in [-0.1, -0.05) is 54.1 Å². The third kappa shape index (κ3) is 4.10. The van der Waals surface area contributed by atoms with Crippen molar-refractivity contribution in [2.75, 3.05) is 5.32 Å². The molecule has 1 heterocycles. The number of esters is 1. The smallest absolute Gasteiger partial charge is 0.345 e. The second-order valence-electron chi connectivity index (χ2n) is 5.88. The lowest BCUT2D eigenvalue weighted by molar-refractivity contribution is 0.0736. The fraction of sp³-hybridized carbons (Fsp3) is 0.0476. The first kappa shape index (κ1) is 17.5. The van der Waals surface area contributed by atoms with E-state index in [1.165, 1.54) is 11.3 Å². The number of aromatic nitrogens is 1. The molecule has 0 atom stereocenters. The van der Waals surface area contributed by atoms with Gasteiger partial charge in [-0.25, -0.2) is 9.78 Å². The van der Waals surface area contributed by atoms with Crippen LogP contribution in [-0.2, 0) is 6.54 Å². The molecule has 0 aliphatic carbocycles. The molecular formula is C21H15ClN2O2S. The fourth-order valence-corrected chi connectivity index (χ4v) is 3.67. The van der Waals surface area contributed by atoms with E-state index >= 15 is 0 Å².